The molecule has 0 bridgehead atoms. The van der Waals surface area contributed by atoms with Crippen molar-refractivity contribution in [3.05, 3.63) is 60.7 Å². The predicted molar refractivity (Wildman–Crippen MR) is 129 cm³/mol. The third kappa shape index (κ3) is 9.69. The summed E-state index contributed by atoms with van der Waals surface area (Å²) in [6.07, 6.45) is 13.4. The number of hydrogen-bond donors (Lipinski definition) is 0. The van der Waals surface area contributed by atoms with Crippen LogP contribution in [-0.4, -0.2) is 11.4 Å². The fourth-order valence-corrected chi connectivity index (χ4v) is 3.46. The standard InChI is InChI=1S/C27H38N2/c1-3-5-7-8-9-17-23-27(29-25-20-15-11-16-21-25)26(22-12-6-4-2)28-24-18-13-10-14-19-24/h10-11,13-16,18-21H,3-9,12,17,22-23H2,1-2H3. The van der Waals surface area contributed by atoms with Gasteiger partial charge in [-0.1, -0.05) is 95.2 Å². The Labute approximate surface area is 178 Å². The van der Waals surface area contributed by atoms with Crippen LogP contribution in [0, 0.1) is 0 Å². The van der Waals surface area contributed by atoms with E-state index in [0.717, 1.165) is 24.2 Å². The minimum absolute atomic E-state index is 1.00. The molecular formula is C27H38N2. The van der Waals surface area contributed by atoms with Gasteiger partial charge in [0.25, 0.3) is 0 Å². The first-order valence-electron chi connectivity index (χ1n) is 11.6. The number of benzene rings is 2. The van der Waals surface area contributed by atoms with Gasteiger partial charge >= 0.3 is 0 Å². The van der Waals surface area contributed by atoms with E-state index in [1.165, 1.54) is 69.2 Å². The lowest BCUT2D eigenvalue weighted by molar-refractivity contribution is 0.616. The molecule has 0 heterocycles. The van der Waals surface area contributed by atoms with E-state index in [1.54, 1.807) is 0 Å². The highest BCUT2D eigenvalue weighted by Gasteiger charge is 2.10. The number of nitrogens with zero attached hydrogens (tertiary/aromatic N) is 2. The normalized spacial score (nSPS) is 12.3. The molecule has 0 amide bonds. The Morgan fingerprint density at radius 1 is 0.517 bits per heavy atom. The molecule has 0 aliphatic rings. The first kappa shape index (κ1) is 23.1. The second-order valence-corrected chi connectivity index (χ2v) is 7.76. The third-order valence-corrected chi connectivity index (χ3v) is 5.16. The van der Waals surface area contributed by atoms with Crippen LogP contribution in [0.3, 0.4) is 0 Å². The summed E-state index contributed by atoms with van der Waals surface area (Å²) in [6, 6.07) is 20.7. The summed E-state index contributed by atoms with van der Waals surface area (Å²) in [7, 11) is 0. The van der Waals surface area contributed by atoms with Crippen LogP contribution in [0.1, 0.15) is 84.5 Å². The molecule has 0 aliphatic heterocycles. The van der Waals surface area contributed by atoms with Crippen LogP contribution >= 0.6 is 0 Å². The van der Waals surface area contributed by atoms with Crippen molar-refractivity contribution >= 4 is 22.8 Å². The summed E-state index contributed by atoms with van der Waals surface area (Å²) in [5.74, 6) is 0. The SMILES string of the molecule is CCCCCCCCC(=Nc1ccccc1)C(CCCCC)=Nc1ccccc1. The van der Waals surface area contributed by atoms with Gasteiger partial charge < -0.3 is 0 Å². The van der Waals surface area contributed by atoms with E-state index in [1.807, 2.05) is 12.1 Å². The number of aliphatic imine (C=N–C) groups is 2. The topological polar surface area (TPSA) is 24.7 Å². The van der Waals surface area contributed by atoms with Crippen molar-refractivity contribution in [1.82, 2.24) is 0 Å². The van der Waals surface area contributed by atoms with Crippen molar-refractivity contribution in [1.29, 1.82) is 0 Å². The fraction of sp³-hybridized carbons (Fsp3) is 0.481. The summed E-state index contributed by atoms with van der Waals surface area (Å²) >= 11 is 0. The highest BCUT2D eigenvalue weighted by Crippen LogP contribution is 2.19. The molecule has 0 saturated heterocycles. The Morgan fingerprint density at radius 3 is 1.38 bits per heavy atom. The van der Waals surface area contributed by atoms with Crippen molar-refractivity contribution in [2.75, 3.05) is 0 Å². The maximum atomic E-state index is 5.05. The molecule has 0 saturated carbocycles. The largest absolute Gasteiger partial charge is 0.252 e. The van der Waals surface area contributed by atoms with Crippen molar-refractivity contribution in [3.8, 4) is 0 Å². The minimum Gasteiger partial charge on any atom is -0.252 e. The zero-order chi connectivity index (χ0) is 20.6. The van der Waals surface area contributed by atoms with E-state index in [0.29, 0.717) is 0 Å². The number of unbranched alkanes of at least 4 members (excludes halogenated alkanes) is 7. The molecule has 0 N–H and O–H groups in total. The molecule has 0 aromatic heterocycles. The van der Waals surface area contributed by atoms with Crippen LogP contribution in [0.4, 0.5) is 11.4 Å². The van der Waals surface area contributed by atoms with Gasteiger partial charge in [-0.05, 0) is 49.9 Å². The monoisotopic (exact) mass is 390 g/mol. The molecule has 0 unspecified atom stereocenters. The summed E-state index contributed by atoms with van der Waals surface area (Å²) in [6.45, 7) is 4.52. The molecule has 0 atom stereocenters. The summed E-state index contributed by atoms with van der Waals surface area (Å²) in [5, 5.41) is 0. The highest BCUT2D eigenvalue weighted by molar-refractivity contribution is 6.43. The van der Waals surface area contributed by atoms with Gasteiger partial charge in [-0.3, -0.25) is 9.98 Å². The molecule has 0 fully saturated rings. The quantitative estimate of drug-likeness (QED) is 0.227. The Morgan fingerprint density at radius 2 is 0.897 bits per heavy atom. The van der Waals surface area contributed by atoms with Crippen molar-refractivity contribution in [2.24, 2.45) is 9.98 Å². The Kier molecular flexibility index (Phi) is 11.7. The van der Waals surface area contributed by atoms with Gasteiger partial charge in [0.1, 0.15) is 0 Å². The van der Waals surface area contributed by atoms with E-state index in [4.69, 9.17) is 9.98 Å². The van der Waals surface area contributed by atoms with Gasteiger partial charge in [0.15, 0.2) is 0 Å². The zero-order valence-electron chi connectivity index (χ0n) is 18.4. The van der Waals surface area contributed by atoms with Crippen molar-refractivity contribution in [3.63, 3.8) is 0 Å². The second-order valence-electron chi connectivity index (χ2n) is 7.76. The molecule has 2 aromatic rings. The van der Waals surface area contributed by atoms with E-state index in [-0.39, 0.29) is 0 Å². The molecular weight excluding hydrogens is 352 g/mol. The number of hydrogen-bond acceptors (Lipinski definition) is 2. The Hall–Kier alpha value is -2.22. The summed E-state index contributed by atoms with van der Waals surface area (Å²) < 4.78 is 0. The van der Waals surface area contributed by atoms with Crippen LogP contribution in [0.25, 0.3) is 0 Å². The molecule has 156 valence electrons. The van der Waals surface area contributed by atoms with Crippen molar-refractivity contribution in [2.45, 2.75) is 84.5 Å². The van der Waals surface area contributed by atoms with Gasteiger partial charge in [0.2, 0.25) is 0 Å². The fourth-order valence-electron chi connectivity index (χ4n) is 3.46. The molecule has 2 aromatic carbocycles. The first-order valence-corrected chi connectivity index (χ1v) is 11.6. The maximum Gasteiger partial charge on any atom is 0.0633 e. The molecule has 0 spiro atoms. The lowest BCUT2D eigenvalue weighted by Crippen LogP contribution is -2.14. The third-order valence-electron chi connectivity index (χ3n) is 5.16. The highest BCUT2D eigenvalue weighted by atomic mass is 14.8. The average Bonchev–Trinajstić information content (AvgIpc) is 2.76. The summed E-state index contributed by atoms with van der Waals surface area (Å²) in [5.41, 5.74) is 4.40. The van der Waals surface area contributed by atoms with E-state index in [2.05, 4.69) is 62.4 Å². The van der Waals surface area contributed by atoms with Crippen LogP contribution in [0.15, 0.2) is 70.6 Å². The molecule has 2 nitrogen and oxygen atoms in total. The van der Waals surface area contributed by atoms with Crippen LogP contribution in [-0.2, 0) is 0 Å². The van der Waals surface area contributed by atoms with E-state index >= 15 is 0 Å². The molecule has 0 radical (unpaired) electrons. The van der Waals surface area contributed by atoms with Gasteiger partial charge in [0, 0.05) is 0 Å². The van der Waals surface area contributed by atoms with Crippen LogP contribution < -0.4 is 0 Å². The maximum absolute atomic E-state index is 5.05. The smallest absolute Gasteiger partial charge is 0.0633 e. The molecule has 2 rings (SSSR count). The molecule has 0 aliphatic carbocycles. The first-order chi connectivity index (χ1) is 14.3. The van der Waals surface area contributed by atoms with Gasteiger partial charge in [-0.2, -0.15) is 0 Å². The summed E-state index contributed by atoms with van der Waals surface area (Å²) in [4.78, 5) is 10.1. The van der Waals surface area contributed by atoms with E-state index < -0.39 is 0 Å². The molecule has 2 heteroatoms. The zero-order valence-corrected chi connectivity index (χ0v) is 18.4. The van der Waals surface area contributed by atoms with Crippen LogP contribution in [0.2, 0.25) is 0 Å². The lowest BCUT2D eigenvalue weighted by Gasteiger charge is -2.12. The lowest BCUT2D eigenvalue weighted by atomic mass is 10.0. The Balaban J connectivity index is 2.20. The average molecular weight is 391 g/mol. The van der Waals surface area contributed by atoms with Crippen molar-refractivity contribution < 1.29 is 0 Å². The second kappa shape index (κ2) is 14.7. The Bertz CT molecular complexity index is 717. The van der Waals surface area contributed by atoms with Gasteiger partial charge in [-0.15, -0.1) is 0 Å². The molecule has 29 heavy (non-hydrogen) atoms. The number of para-hydroxylation sites is 2. The van der Waals surface area contributed by atoms with E-state index in [9.17, 15) is 0 Å². The van der Waals surface area contributed by atoms with Gasteiger partial charge in [0.05, 0.1) is 22.8 Å². The minimum atomic E-state index is 1.00. The van der Waals surface area contributed by atoms with Crippen LogP contribution in [0.5, 0.6) is 0 Å². The van der Waals surface area contributed by atoms with Gasteiger partial charge in [-0.25, -0.2) is 0 Å². The number of rotatable bonds is 14. The predicted octanol–water partition coefficient (Wildman–Crippen LogP) is 8.86.